The van der Waals surface area contributed by atoms with E-state index in [1.54, 1.807) is 12.1 Å². The number of ketones is 1. The zero-order chi connectivity index (χ0) is 11.7. The van der Waals surface area contributed by atoms with Crippen LogP contribution < -0.4 is 0 Å². The van der Waals surface area contributed by atoms with E-state index < -0.39 is 0 Å². The van der Waals surface area contributed by atoms with Crippen molar-refractivity contribution in [3.8, 4) is 0 Å². The molecule has 1 aromatic heterocycles. The highest BCUT2D eigenvalue weighted by Gasteiger charge is 2.29. The van der Waals surface area contributed by atoms with Crippen LogP contribution in [0, 0.1) is 0 Å². The van der Waals surface area contributed by atoms with Gasteiger partial charge in [0.15, 0.2) is 5.78 Å². The van der Waals surface area contributed by atoms with Gasteiger partial charge in [0, 0.05) is 13.1 Å². The molecule has 1 saturated heterocycles. The van der Waals surface area contributed by atoms with Gasteiger partial charge in [-0.3, -0.25) is 9.69 Å². The lowest BCUT2D eigenvalue weighted by atomic mass is 10.1. The van der Waals surface area contributed by atoms with E-state index in [2.05, 4.69) is 0 Å². The van der Waals surface area contributed by atoms with Gasteiger partial charge in [0.25, 0.3) is 0 Å². The van der Waals surface area contributed by atoms with E-state index in [0.717, 1.165) is 13.0 Å². The zero-order valence-corrected chi connectivity index (χ0v) is 10.6. The highest BCUT2D eigenvalue weighted by Crippen LogP contribution is 2.24. The topological polar surface area (TPSA) is 40.5 Å². The summed E-state index contributed by atoms with van der Waals surface area (Å²) in [6, 6.07) is 3.33. The molecule has 0 saturated carbocycles. The average Bonchev–Trinajstić information content (AvgIpc) is 2.85. The summed E-state index contributed by atoms with van der Waals surface area (Å²) in [5.74, 6) is 0.0889. The fourth-order valence-electron chi connectivity index (χ4n) is 1.94. The fourth-order valence-corrected chi connectivity index (χ4v) is 3.00. The molecule has 0 spiro atoms. The molecule has 0 amide bonds. The van der Waals surface area contributed by atoms with Crippen LogP contribution in [0.2, 0.25) is 4.34 Å². The Labute approximate surface area is 104 Å². The van der Waals surface area contributed by atoms with E-state index in [9.17, 15) is 9.90 Å². The van der Waals surface area contributed by atoms with Crippen LogP contribution in [-0.4, -0.2) is 41.0 Å². The molecular formula is C11H14ClNO2S. The molecular weight excluding hydrogens is 246 g/mol. The van der Waals surface area contributed by atoms with Crippen molar-refractivity contribution >= 4 is 28.7 Å². The Morgan fingerprint density at radius 1 is 1.69 bits per heavy atom. The van der Waals surface area contributed by atoms with Gasteiger partial charge in [-0.05, 0) is 25.5 Å². The Kier molecular flexibility index (Phi) is 3.64. The Balaban J connectivity index is 2.04. The molecule has 2 atom stereocenters. The lowest BCUT2D eigenvalue weighted by Gasteiger charge is -2.21. The van der Waals surface area contributed by atoms with Crippen LogP contribution in [0.1, 0.15) is 23.0 Å². The van der Waals surface area contributed by atoms with Gasteiger partial charge in [-0.1, -0.05) is 11.6 Å². The molecule has 0 radical (unpaired) electrons. The minimum absolute atomic E-state index is 0.0889. The van der Waals surface area contributed by atoms with Gasteiger partial charge >= 0.3 is 0 Å². The molecule has 1 N–H and O–H groups in total. The highest BCUT2D eigenvalue weighted by molar-refractivity contribution is 7.18. The molecule has 88 valence electrons. The van der Waals surface area contributed by atoms with Gasteiger partial charge in [-0.25, -0.2) is 0 Å². The average molecular weight is 260 g/mol. The van der Waals surface area contributed by atoms with Crippen LogP contribution in [-0.2, 0) is 0 Å². The largest absolute Gasteiger partial charge is 0.392 e. The monoisotopic (exact) mass is 259 g/mol. The summed E-state index contributed by atoms with van der Waals surface area (Å²) in [7, 11) is 0. The Morgan fingerprint density at radius 2 is 2.44 bits per heavy atom. The number of carbonyl (C=O) groups is 1. The van der Waals surface area contributed by atoms with E-state index in [4.69, 9.17) is 11.6 Å². The molecule has 3 nitrogen and oxygen atoms in total. The number of Topliss-reactive ketones (excluding diaryl/α,β-unsaturated/α-hetero) is 1. The Bertz CT molecular complexity index is 393. The number of hydrogen-bond acceptors (Lipinski definition) is 4. The number of likely N-dealkylation sites (tertiary alicyclic amines) is 1. The third kappa shape index (κ3) is 2.46. The molecule has 2 unspecified atom stereocenters. The van der Waals surface area contributed by atoms with Crippen molar-refractivity contribution in [3.05, 3.63) is 21.3 Å². The first-order valence-electron chi connectivity index (χ1n) is 5.29. The molecule has 1 aliphatic rings. The normalized spacial score (nSPS) is 23.6. The van der Waals surface area contributed by atoms with Crippen molar-refractivity contribution in [2.75, 3.05) is 13.1 Å². The zero-order valence-electron chi connectivity index (χ0n) is 9.02. The van der Waals surface area contributed by atoms with Crippen molar-refractivity contribution in [1.29, 1.82) is 0 Å². The predicted molar refractivity (Wildman–Crippen MR) is 65.3 cm³/mol. The first kappa shape index (κ1) is 12.0. The van der Waals surface area contributed by atoms with E-state index in [1.165, 1.54) is 11.3 Å². The molecule has 2 rings (SSSR count). The van der Waals surface area contributed by atoms with Crippen molar-refractivity contribution in [2.45, 2.75) is 25.5 Å². The fraction of sp³-hybridized carbons (Fsp3) is 0.545. The highest BCUT2D eigenvalue weighted by atomic mass is 35.5. The lowest BCUT2D eigenvalue weighted by Crippen LogP contribution is -2.37. The number of nitrogens with zero attached hydrogens (tertiary/aromatic N) is 1. The van der Waals surface area contributed by atoms with Crippen LogP contribution in [0.3, 0.4) is 0 Å². The lowest BCUT2D eigenvalue weighted by molar-refractivity contribution is 0.0851. The quantitative estimate of drug-likeness (QED) is 0.845. The van der Waals surface area contributed by atoms with E-state index in [0.29, 0.717) is 15.8 Å². The summed E-state index contributed by atoms with van der Waals surface area (Å²) < 4.78 is 0.636. The standard InChI is InChI=1S/C11H14ClNO2S/c1-7(13-5-4-8(14)6-13)11(15)9-2-3-10(12)16-9/h2-3,7-8,14H,4-6H2,1H3. The second kappa shape index (κ2) is 4.84. The van der Waals surface area contributed by atoms with Crippen LogP contribution in [0.5, 0.6) is 0 Å². The van der Waals surface area contributed by atoms with Crippen LogP contribution in [0.4, 0.5) is 0 Å². The molecule has 16 heavy (non-hydrogen) atoms. The predicted octanol–water partition coefficient (Wildman–Crippen LogP) is 2.04. The number of hydrogen-bond donors (Lipinski definition) is 1. The van der Waals surface area contributed by atoms with E-state index in [1.807, 2.05) is 11.8 Å². The van der Waals surface area contributed by atoms with Gasteiger partial charge in [-0.15, -0.1) is 11.3 Å². The summed E-state index contributed by atoms with van der Waals surface area (Å²) in [5, 5.41) is 9.43. The third-order valence-corrected chi connectivity index (χ3v) is 4.18. The number of rotatable bonds is 3. The second-order valence-corrected chi connectivity index (χ2v) is 5.80. The maximum Gasteiger partial charge on any atom is 0.189 e. The summed E-state index contributed by atoms with van der Waals surface area (Å²) in [5.41, 5.74) is 0. The number of thiophene rings is 1. The molecule has 0 bridgehead atoms. The summed E-state index contributed by atoms with van der Waals surface area (Å²) in [6.45, 7) is 3.26. The number of carbonyl (C=O) groups excluding carboxylic acids is 1. The molecule has 0 aliphatic carbocycles. The summed E-state index contributed by atoms with van der Waals surface area (Å²) >= 11 is 7.12. The molecule has 1 fully saturated rings. The van der Waals surface area contributed by atoms with Gasteiger partial charge in [-0.2, -0.15) is 0 Å². The van der Waals surface area contributed by atoms with E-state index in [-0.39, 0.29) is 17.9 Å². The second-order valence-electron chi connectivity index (χ2n) is 4.08. The number of aliphatic hydroxyl groups excluding tert-OH is 1. The maximum atomic E-state index is 12.1. The van der Waals surface area contributed by atoms with Crippen molar-refractivity contribution in [2.24, 2.45) is 0 Å². The number of β-amino-alcohol motifs (C(OH)–C–C–N with tert-alkyl or cyclic N) is 1. The van der Waals surface area contributed by atoms with Gasteiger partial charge in [0.05, 0.1) is 21.4 Å². The SMILES string of the molecule is CC(C(=O)c1ccc(Cl)s1)N1CCC(O)C1. The molecule has 2 heterocycles. The van der Waals surface area contributed by atoms with Crippen molar-refractivity contribution in [3.63, 3.8) is 0 Å². The summed E-state index contributed by atoms with van der Waals surface area (Å²) in [6.07, 6.45) is 0.463. The smallest absolute Gasteiger partial charge is 0.189 e. The molecule has 1 aromatic rings. The van der Waals surface area contributed by atoms with Crippen molar-refractivity contribution < 1.29 is 9.90 Å². The number of aliphatic hydroxyl groups is 1. The minimum Gasteiger partial charge on any atom is -0.392 e. The first-order chi connectivity index (χ1) is 7.58. The third-order valence-electron chi connectivity index (χ3n) is 2.94. The molecule has 1 aliphatic heterocycles. The maximum absolute atomic E-state index is 12.1. The van der Waals surface area contributed by atoms with Crippen LogP contribution in [0.15, 0.2) is 12.1 Å². The summed E-state index contributed by atoms with van der Waals surface area (Å²) in [4.78, 5) is 14.8. The van der Waals surface area contributed by atoms with Gasteiger partial charge in [0.1, 0.15) is 0 Å². The minimum atomic E-state index is -0.290. The molecule has 5 heteroatoms. The van der Waals surface area contributed by atoms with E-state index >= 15 is 0 Å². The Morgan fingerprint density at radius 3 is 2.94 bits per heavy atom. The number of halogens is 1. The van der Waals surface area contributed by atoms with Gasteiger partial charge < -0.3 is 5.11 Å². The van der Waals surface area contributed by atoms with Gasteiger partial charge in [0.2, 0.25) is 0 Å². The van der Waals surface area contributed by atoms with Crippen LogP contribution >= 0.6 is 22.9 Å². The Hall–Kier alpha value is -0.420. The molecule has 0 aromatic carbocycles. The first-order valence-corrected chi connectivity index (χ1v) is 6.49. The van der Waals surface area contributed by atoms with Crippen molar-refractivity contribution in [1.82, 2.24) is 4.90 Å². The van der Waals surface area contributed by atoms with Crippen LogP contribution in [0.25, 0.3) is 0 Å².